The van der Waals surface area contributed by atoms with E-state index >= 15 is 0 Å². The Kier molecular flexibility index (Phi) is 2.01. The Morgan fingerprint density at radius 1 is 1.50 bits per heavy atom. The molecule has 56 valence electrons. The van der Waals surface area contributed by atoms with Crippen LogP contribution < -0.4 is 0 Å². The van der Waals surface area contributed by atoms with Crippen molar-refractivity contribution in [3.63, 3.8) is 0 Å². The molecule has 0 saturated carbocycles. The molecule has 1 aliphatic carbocycles. The van der Waals surface area contributed by atoms with Crippen molar-refractivity contribution in [2.75, 3.05) is 0 Å². The van der Waals surface area contributed by atoms with E-state index in [2.05, 4.69) is 33.4 Å². The van der Waals surface area contributed by atoms with Gasteiger partial charge in [0.1, 0.15) is 0 Å². The molecule has 0 radical (unpaired) electrons. The van der Waals surface area contributed by atoms with E-state index in [-0.39, 0.29) is 0 Å². The van der Waals surface area contributed by atoms with Crippen molar-refractivity contribution < 1.29 is 0 Å². The molecule has 0 spiro atoms. The van der Waals surface area contributed by atoms with Crippen molar-refractivity contribution in [2.24, 2.45) is 11.8 Å². The Morgan fingerprint density at radius 2 is 2.10 bits per heavy atom. The Hall–Kier alpha value is -0.480. The van der Waals surface area contributed by atoms with E-state index in [4.69, 9.17) is 0 Å². The molecule has 0 bridgehead atoms. The maximum atomic E-state index is 3.44. The molecule has 1 aliphatic rings. The standard InChI is InChI=1S/C10H16/c1-7(2)10-6-8(3)5-9(10)4/h7,9H,5H2,1-4H3. The monoisotopic (exact) mass is 136 g/mol. The first kappa shape index (κ1) is 7.63. The number of rotatable bonds is 1. The summed E-state index contributed by atoms with van der Waals surface area (Å²) >= 11 is 0. The van der Waals surface area contributed by atoms with E-state index in [1.165, 1.54) is 17.6 Å². The van der Waals surface area contributed by atoms with Gasteiger partial charge in [-0.3, -0.25) is 0 Å². The highest BCUT2D eigenvalue weighted by Crippen LogP contribution is 2.29. The molecule has 0 amide bonds. The van der Waals surface area contributed by atoms with Crippen LogP contribution in [0.15, 0.2) is 16.9 Å². The van der Waals surface area contributed by atoms with Gasteiger partial charge in [-0.05, 0) is 36.3 Å². The molecule has 0 N–H and O–H groups in total. The van der Waals surface area contributed by atoms with Gasteiger partial charge in [0, 0.05) is 0 Å². The van der Waals surface area contributed by atoms with Gasteiger partial charge in [0.15, 0.2) is 0 Å². The Labute approximate surface area is 63.6 Å². The molecular weight excluding hydrogens is 120 g/mol. The highest BCUT2D eigenvalue weighted by Gasteiger charge is 2.16. The first-order valence-electron chi connectivity index (χ1n) is 4.07. The average molecular weight is 136 g/mol. The molecule has 1 unspecified atom stereocenters. The zero-order chi connectivity index (χ0) is 7.72. The summed E-state index contributed by atoms with van der Waals surface area (Å²) in [7, 11) is 0. The van der Waals surface area contributed by atoms with Crippen LogP contribution in [0.2, 0.25) is 0 Å². The molecule has 0 aromatic carbocycles. The van der Waals surface area contributed by atoms with Crippen LogP contribution in [0.4, 0.5) is 0 Å². The van der Waals surface area contributed by atoms with Crippen LogP contribution in [0.1, 0.15) is 34.1 Å². The zero-order valence-corrected chi connectivity index (χ0v) is 7.36. The first-order valence-corrected chi connectivity index (χ1v) is 4.07. The first-order chi connectivity index (χ1) is 4.61. The largest absolute Gasteiger partial charge is 0.122 e. The summed E-state index contributed by atoms with van der Waals surface area (Å²) in [5, 5.41) is 0. The lowest BCUT2D eigenvalue weighted by Gasteiger charge is -2.10. The third-order valence-corrected chi connectivity index (χ3v) is 2.12. The minimum atomic E-state index is 0.687. The summed E-state index contributed by atoms with van der Waals surface area (Å²) < 4.78 is 0. The lowest BCUT2D eigenvalue weighted by Crippen LogP contribution is -2.00. The van der Waals surface area contributed by atoms with Gasteiger partial charge in [0.2, 0.25) is 0 Å². The number of hydrogen-bond acceptors (Lipinski definition) is 0. The quantitative estimate of drug-likeness (QED) is 0.486. The summed E-state index contributed by atoms with van der Waals surface area (Å²) in [5.74, 6) is 1.44. The van der Waals surface area contributed by atoms with Crippen LogP contribution in [-0.4, -0.2) is 0 Å². The van der Waals surface area contributed by atoms with Gasteiger partial charge in [-0.1, -0.05) is 20.8 Å². The summed E-state index contributed by atoms with van der Waals surface area (Å²) in [5.41, 5.74) is 6.37. The van der Waals surface area contributed by atoms with E-state index in [9.17, 15) is 0 Å². The fraction of sp³-hybridized carbons (Fsp3) is 0.700. The van der Waals surface area contributed by atoms with Crippen LogP contribution in [0, 0.1) is 11.8 Å². The number of allylic oxidation sites excluding steroid dienone is 1. The lowest BCUT2D eigenvalue weighted by molar-refractivity contribution is 0.601. The fourth-order valence-corrected chi connectivity index (χ4v) is 1.70. The third kappa shape index (κ3) is 1.33. The summed E-state index contributed by atoms with van der Waals surface area (Å²) in [6.07, 6.45) is 1.23. The minimum Gasteiger partial charge on any atom is -0.122 e. The normalized spacial score (nSPS) is 25.1. The highest BCUT2D eigenvalue weighted by molar-refractivity contribution is 5.20. The van der Waals surface area contributed by atoms with Crippen molar-refractivity contribution in [1.82, 2.24) is 0 Å². The summed E-state index contributed by atoms with van der Waals surface area (Å²) in [6.45, 7) is 8.96. The molecule has 0 heteroatoms. The summed E-state index contributed by atoms with van der Waals surface area (Å²) in [4.78, 5) is 0. The van der Waals surface area contributed by atoms with E-state index < -0.39 is 0 Å². The molecule has 0 saturated heterocycles. The predicted octanol–water partition coefficient (Wildman–Crippen LogP) is 3.15. The maximum absolute atomic E-state index is 3.44. The van der Waals surface area contributed by atoms with Gasteiger partial charge in [-0.25, -0.2) is 0 Å². The average Bonchev–Trinajstić information content (AvgIpc) is 2.10. The lowest BCUT2D eigenvalue weighted by atomic mass is 9.93. The molecule has 10 heavy (non-hydrogen) atoms. The molecule has 0 aromatic heterocycles. The topological polar surface area (TPSA) is 0 Å². The van der Waals surface area contributed by atoms with Gasteiger partial charge in [-0.15, -0.1) is 5.73 Å². The fourth-order valence-electron chi connectivity index (χ4n) is 1.70. The summed E-state index contributed by atoms with van der Waals surface area (Å²) in [6, 6.07) is 0. The van der Waals surface area contributed by atoms with Gasteiger partial charge in [0.05, 0.1) is 0 Å². The molecule has 0 heterocycles. The van der Waals surface area contributed by atoms with Crippen molar-refractivity contribution in [1.29, 1.82) is 0 Å². The van der Waals surface area contributed by atoms with E-state index in [0.29, 0.717) is 5.92 Å². The predicted molar refractivity (Wildman–Crippen MR) is 44.8 cm³/mol. The molecule has 0 nitrogen and oxygen atoms in total. The van der Waals surface area contributed by atoms with Gasteiger partial charge >= 0.3 is 0 Å². The van der Waals surface area contributed by atoms with Crippen LogP contribution in [0.3, 0.4) is 0 Å². The molecular formula is C10H16. The number of hydrogen-bond donors (Lipinski definition) is 0. The zero-order valence-electron chi connectivity index (χ0n) is 7.36. The van der Waals surface area contributed by atoms with Crippen molar-refractivity contribution in [2.45, 2.75) is 34.1 Å². The Morgan fingerprint density at radius 3 is 2.30 bits per heavy atom. The van der Waals surface area contributed by atoms with Crippen LogP contribution in [0.25, 0.3) is 0 Å². The highest BCUT2D eigenvalue weighted by atomic mass is 14.2. The van der Waals surface area contributed by atoms with E-state index in [0.717, 1.165) is 5.92 Å². The molecule has 1 rings (SSSR count). The Bertz CT molecular complexity index is 183. The van der Waals surface area contributed by atoms with Crippen LogP contribution in [-0.2, 0) is 0 Å². The third-order valence-electron chi connectivity index (χ3n) is 2.12. The second kappa shape index (κ2) is 2.64. The van der Waals surface area contributed by atoms with Crippen molar-refractivity contribution in [3.05, 3.63) is 16.9 Å². The SMILES string of the molecule is CC1=C=C(C(C)C)C(C)C1. The smallest absolute Gasteiger partial charge is 0.0110 e. The minimum absolute atomic E-state index is 0.687. The van der Waals surface area contributed by atoms with E-state index in [1.807, 2.05) is 0 Å². The van der Waals surface area contributed by atoms with Gasteiger partial charge in [0.25, 0.3) is 0 Å². The second-order valence-electron chi connectivity index (χ2n) is 3.62. The van der Waals surface area contributed by atoms with Crippen LogP contribution in [0.5, 0.6) is 0 Å². The van der Waals surface area contributed by atoms with Crippen molar-refractivity contribution >= 4 is 0 Å². The Balaban J connectivity index is 2.83. The van der Waals surface area contributed by atoms with Gasteiger partial charge < -0.3 is 0 Å². The van der Waals surface area contributed by atoms with Crippen molar-refractivity contribution in [3.8, 4) is 0 Å². The maximum Gasteiger partial charge on any atom is -0.0110 e. The van der Waals surface area contributed by atoms with Gasteiger partial charge in [-0.2, -0.15) is 0 Å². The molecule has 0 aromatic rings. The second-order valence-corrected chi connectivity index (χ2v) is 3.62. The van der Waals surface area contributed by atoms with Crippen LogP contribution >= 0.6 is 0 Å². The molecule has 1 atom stereocenters. The molecule has 0 fully saturated rings. The van der Waals surface area contributed by atoms with E-state index in [1.54, 1.807) is 0 Å². The molecule has 0 aliphatic heterocycles.